The highest BCUT2D eigenvalue weighted by molar-refractivity contribution is 7.93. The van der Waals surface area contributed by atoms with Crippen LogP contribution in [0.25, 0.3) is 0 Å². The third-order valence-corrected chi connectivity index (χ3v) is 8.99. The lowest BCUT2D eigenvalue weighted by atomic mass is 10.2. The highest BCUT2D eigenvalue weighted by atomic mass is 32.2. The minimum atomic E-state index is -4.18. The number of sulfonamides is 2. The molecule has 0 aromatic heterocycles. The van der Waals surface area contributed by atoms with Crippen LogP contribution in [0.3, 0.4) is 0 Å². The average molecular weight is 584 g/mol. The minimum absolute atomic E-state index is 0.0332. The quantitative estimate of drug-likeness (QED) is 0.277. The predicted octanol–water partition coefficient (Wildman–Crippen LogP) is 4.78. The summed E-state index contributed by atoms with van der Waals surface area (Å²) in [5.41, 5.74) is 1.55. The van der Waals surface area contributed by atoms with Crippen molar-refractivity contribution in [3.63, 3.8) is 0 Å². The average Bonchev–Trinajstić information content (AvgIpc) is 2.93. The van der Waals surface area contributed by atoms with Crippen molar-refractivity contribution in [3.8, 4) is 5.75 Å². The van der Waals surface area contributed by atoms with Crippen molar-refractivity contribution >= 4 is 43.0 Å². The van der Waals surface area contributed by atoms with E-state index in [2.05, 4.69) is 10.0 Å². The van der Waals surface area contributed by atoms with Crippen LogP contribution in [0, 0.1) is 12.7 Å². The molecule has 1 amide bonds. The molecule has 0 heterocycles. The predicted molar refractivity (Wildman–Crippen MR) is 151 cm³/mol. The number of methoxy groups -OCH3 is 1. The number of ether oxygens (including phenoxy) is 1. The SMILES string of the molecule is COc1ccc(NS(=O)(=O)c2ccc(NC(=O)CN(c3ccc(F)cc3)S(=O)(=O)c3ccc(C)cc3)cc2)cc1. The molecule has 0 aliphatic heterocycles. The molecule has 208 valence electrons. The van der Waals surface area contributed by atoms with E-state index in [0.717, 1.165) is 22.0 Å². The smallest absolute Gasteiger partial charge is 0.264 e. The number of aryl methyl sites for hydroxylation is 1. The molecule has 0 radical (unpaired) electrons. The Bertz CT molecular complexity index is 1690. The molecule has 0 saturated carbocycles. The molecule has 9 nitrogen and oxygen atoms in total. The van der Waals surface area contributed by atoms with Crippen LogP contribution in [0.4, 0.5) is 21.5 Å². The largest absolute Gasteiger partial charge is 0.497 e. The number of carbonyl (C=O) groups excluding carboxylic acids is 1. The van der Waals surface area contributed by atoms with Crippen LogP contribution >= 0.6 is 0 Å². The van der Waals surface area contributed by atoms with Crippen LogP contribution in [-0.2, 0) is 24.8 Å². The molecule has 0 bridgehead atoms. The van der Waals surface area contributed by atoms with Crippen molar-refractivity contribution in [1.82, 2.24) is 0 Å². The number of benzene rings is 4. The van der Waals surface area contributed by atoms with Gasteiger partial charge in [-0.05, 0) is 91.9 Å². The molecule has 0 saturated heterocycles. The Morgan fingerprint density at radius 1 is 0.775 bits per heavy atom. The van der Waals surface area contributed by atoms with Crippen LogP contribution < -0.4 is 19.1 Å². The summed E-state index contributed by atoms with van der Waals surface area (Å²) in [5.74, 6) is -0.669. The van der Waals surface area contributed by atoms with E-state index in [9.17, 15) is 26.0 Å². The Morgan fingerprint density at radius 2 is 1.32 bits per heavy atom. The van der Waals surface area contributed by atoms with Crippen molar-refractivity contribution in [3.05, 3.63) is 108 Å². The molecule has 2 N–H and O–H groups in total. The molecule has 4 rings (SSSR count). The lowest BCUT2D eigenvalue weighted by Crippen LogP contribution is -2.38. The zero-order chi connectivity index (χ0) is 28.9. The van der Waals surface area contributed by atoms with Crippen LogP contribution in [0.1, 0.15) is 5.56 Å². The zero-order valence-electron chi connectivity index (χ0n) is 21.5. The Labute approximate surface area is 232 Å². The summed E-state index contributed by atoms with van der Waals surface area (Å²) in [7, 11) is -6.59. The molecule has 0 atom stereocenters. The van der Waals surface area contributed by atoms with E-state index in [4.69, 9.17) is 4.74 Å². The van der Waals surface area contributed by atoms with E-state index >= 15 is 0 Å². The summed E-state index contributed by atoms with van der Waals surface area (Å²) in [6.07, 6.45) is 0. The van der Waals surface area contributed by atoms with Gasteiger partial charge in [0.15, 0.2) is 0 Å². The fourth-order valence-corrected chi connectivity index (χ4v) is 6.16. The van der Waals surface area contributed by atoms with E-state index in [1.165, 1.54) is 55.6 Å². The van der Waals surface area contributed by atoms with E-state index in [1.807, 2.05) is 6.92 Å². The van der Waals surface area contributed by atoms with Gasteiger partial charge in [0.25, 0.3) is 20.0 Å². The van der Waals surface area contributed by atoms with Crippen molar-refractivity contribution in [2.75, 3.05) is 28.0 Å². The summed E-state index contributed by atoms with van der Waals surface area (Å²) in [5, 5.41) is 2.58. The molecule has 0 unspecified atom stereocenters. The van der Waals surface area contributed by atoms with Gasteiger partial charge in [-0.15, -0.1) is 0 Å². The number of rotatable bonds is 10. The first kappa shape index (κ1) is 28.6. The lowest BCUT2D eigenvalue weighted by Gasteiger charge is -2.24. The van der Waals surface area contributed by atoms with Gasteiger partial charge in [-0.1, -0.05) is 17.7 Å². The molecule has 0 aliphatic rings. The second-order valence-electron chi connectivity index (χ2n) is 8.71. The Hall–Kier alpha value is -4.42. The minimum Gasteiger partial charge on any atom is -0.497 e. The van der Waals surface area contributed by atoms with Crippen molar-refractivity contribution in [2.24, 2.45) is 0 Å². The maximum atomic E-state index is 13.5. The fourth-order valence-electron chi connectivity index (χ4n) is 3.68. The highest BCUT2D eigenvalue weighted by Crippen LogP contribution is 2.25. The summed E-state index contributed by atoms with van der Waals surface area (Å²) in [4.78, 5) is 12.9. The van der Waals surface area contributed by atoms with Crippen molar-refractivity contribution in [2.45, 2.75) is 16.7 Å². The molecule has 4 aromatic carbocycles. The van der Waals surface area contributed by atoms with Gasteiger partial charge < -0.3 is 10.1 Å². The number of hydrogen-bond acceptors (Lipinski definition) is 6. The number of nitrogens with one attached hydrogen (secondary N) is 2. The second-order valence-corrected chi connectivity index (χ2v) is 12.3. The molecular formula is C28H26FN3O6S2. The zero-order valence-corrected chi connectivity index (χ0v) is 23.2. The summed E-state index contributed by atoms with van der Waals surface area (Å²) in [6.45, 7) is 1.20. The maximum Gasteiger partial charge on any atom is 0.264 e. The van der Waals surface area contributed by atoms with E-state index in [-0.39, 0.29) is 21.2 Å². The standard InChI is InChI=1S/C28H26FN3O6S2/c1-20-3-15-27(16-4-20)40(36,37)32(24-11-5-21(29)6-12-24)19-28(33)30-22-9-17-26(18-10-22)39(34,35)31-23-7-13-25(38-2)14-8-23/h3-18,31H,19H2,1-2H3,(H,30,33). The first-order chi connectivity index (χ1) is 19.0. The van der Waals surface area contributed by atoms with Gasteiger partial charge in [0.05, 0.1) is 22.6 Å². The highest BCUT2D eigenvalue weighted by Gasteiger charge is 2.27. The molecule has 12 heteroatoms. The number of hydrogen-bond donors (Lipinski definition) is 2. The Balaban J connectivity index is 1.51. The van der Waals surface area contributed by atoms with Crippen LogP contribution in [0.5, 0.6) is 5.75 Å². The maximum absolute atomic E-state index is 13.5. The molecule has 40 heavy (non-hydrogen) atoms. The molecule has 0 aliphatic carbocycles. The number of carbonyl (C=O) groups is 1. The normalized spacial score (nSPS) is 11.5. The Morgan fingerprint density at radius 3 is 1.90 bits per heavy atom. The van der Waals surface area contributed by atoms with Crippen molar-refractivity contribution in [1.29, 1.82) is 0 Å². The van der Waals surface area contributed by atoms with E-state index in [1.54, 1.807) is 36.4 Å². The number of anilines is 3. The van der Waals surface area contributed by atoms with Gasteiger partial charge in [-0.2, -0.15) is 0 Å². The number of nitrogens with zero attached hydrogens (tertiary/aromatic N) is 1. The second kappa shape index (κ2) is 11.8. The molecule has 0 fully saturated rings. The van der Waals surface area contributed by atoms with Crippen LogP contribution in [-0.4, -0.2) is 36.4 Å². The number of halogens is 1. The fraction of sp³-hybridized carbons (Fsp3) is 0.107. The van der Waals surface area contributed by atoms with Gasteiger partial charge in [0.1, 0.15) is 18.1 Å². The summed E-state index contributed by atoms with van der Waals surface area (Å²) >= 11 is 0. The monoisotopic (exact) mass is 583 g/mol. The summed E-state index contributed by atoms with van der Waals surface area (Å²) in [6, 6.07) is 22.6. The molecular weight excluding hydrogens is 557 g/mol. The van der Waals surface area contributed by atoms with Gasteiger partial charge in [-0.3, -0.25) is 13.8 Å². The lowest BCUT2D eigenvalue weighted by molar-refractivity contribution is -0.114. The van der Waals surface area contributed by atoms with Crippen molar-refractivity contribution < 1.29 is 30.8 Å². The first-order valence-corrected chi connectivity index (χ1v) is 14.8. The van der Waals surface area contributed by atoms with Gasteiger partial charge >= 0.3 is 0 Å². The third-order valence-electron chi connectivity index (χ3n) is 5.80. The molecule has 4 aromatic rings. The Kier molecular flexibility index (Phi) is 8.40. The van der Waals surface area contributed by atoms with Crippen LogP contribution in [0.15, 0.2) is 107 Å². The van der Waals surface area contributed by atoms with E-state index < -0.39 is 38.3 Å². The molecule has 0 spiro atoms. The van der Waals surface area contributed by atoms with Crippen LogP contribution in [0.2, 0.25) is 0 Å². The topological polar surface area (TPSA) is 122 Å². The number of amides is 1. The third kappa shape index (κ3) is 6.77. The van der Waals surface area contributed by atoms with Gasteiger partial charge in [-0.25, -0.2) is 21.2 Å². The van der Waals surface area contributed by atoms with Gasteiger partial charge in [0.2, 0.25) is 5.91 Å². The van der Waals surface area contributed by atoms with E-state index in [0.29, 0.717) is 11.4 Å². The first-order valence-electron chi connectivity index (χ1n) is 11.9. The summed E-state index contributed by atoms with van der Waals surface area (Å²) < 4.78 is 74.3. The van der Waals surface area contributed by atoms with Gasteiger partial charge in [0, 0.05) is 11.4 Å².